The fraction of sp³-hybridized carbons (Fsp3) is 0.0833. The molecule has 6 heteroatoms. The first kappa shape index (κ1) is 11.8. The number of nitrogens with zero attached hydrogens (tertiary/aromatic N) is 1. The molecule has 1 aromatic heterocycles. The van der Waals surface area contributed by atoms with Gasteiger partial charge in [-0.05, 0) is 19.1 Å². The number of aromatic carboxylic acids is 1. The summed E-state index contributed by atoms with van der Waals surface area (Å²) in [4.78, 5) is 28.6. The smallest absolute Gasteiger partial charge is 0.339 e. The van der Waals surface area contributed by atoms with Gasteiger partial charge in [0.05, 0.1) is 6.07 Å². The molecule has 0 aliphatic heterocycles. The maximum atomic E-state index is 11.2. The second-order valence-corrected chi connectivity index (χ2v) is 3.57. The van der Waals surface area contributed by atoms with Crippen LogP contribution in [0, 0.1) is 6.92 Å². The molecule has 0 unspecified atom stereocenters. The van der Waals surface area contributed by atoms with Crippen LogP contribution in [-0.2, 0) is 0 Å². The highest BCUT2D eigenvalue weighted by Gasteiger charge is 2.11. The normalized spacial score (nSPS) is 10.1. The van der Waals surface area contributed by atoms with E-state index in [4.69, 9.17) is 9.84 Å². The Morgan fingerprint density at radius 2 is 2.11 bits per heavy atom. The third-order valence-corrected chi connectivity index (χ3v) is 2.17. The van der Waals surface area contributed by atoms with Crippen LogP contribution in [0.2, 0.25) is 0 Å². The Morgan fingerprint density at radius 1 is 1.39 bits per heavy atom. The number of aromatic amines is 1. The van der Waals surface area contributed by atoms with Crippen LogP contribution in [0.4, 0.5) is 0 Å². The molecule has 18 heavy (non-hydrogen) atoms. The second kappa shape index (κ2) is 4.70. The number of hydrogen-bond donors (Lipinski definition) is 2. The average Bonchev–Trinajstić information content (AvgIpc) is 2.27. The van der Waals surface area contributed by atoms with E-state index < -0.39 is 5.97 Å². The molecule has 0 amide bonds. The van der Waals surface area contributed by atoms with Crippen LogP contribution in [0.15, 0.2) is 35.1 Å². The predicted molar refractivity (Wildman–Crippen MR) is 63.1 cm³/mol. The fourth-order valence-electron chi connectivity index (χ4n) is 1.45. The summed E-state index contributed by atoms with van der Waals surface area (Å²) in [5.41, 5.74) is -0.345. The first-order chi connectivity index (χ1) is 8.56. The van der Waals surface area contributed by atoms with Gasteiger partial charge in [0.1, 0.15) is 17.1 Å². The SMILES string of the molecule is Cc1nc(Oc2ccccc2C(=O)O)cc(=O)[nH]1. The van der Waals surface area contributed by atoms with Gasteiger partial charge in [-0.15, -0.1) is 0 Å². The second-order valence-electron chi connectivity index (χ2n) is 3.57. The maximum absolute atomic E-state index is 11.2. The molecule has 0 saturated carbocycles. The lowest BCUT2D eigenvalue weighted by Crippen LogP contribution is -2.09. The number of aromatic nitrogens is 2. The van der Waals surface area contributed by atoms with Crippen molar-refractivity contribution >= 4 is 5.97 Å². The quantitative estimate of drug-likeness (QED) is 0.857. The fourth-order valence-corrected chi connectivity index (χ4v) is 1.45. The minimum Gasteiger partial charge on any atom is -0.478 e. The molecule has 2 N–H and O–H groups in total. The summed E-state index contributed by atoms with van der Waals surface area (Å²) in [6.45, 7) is 1.61. The molecule has 0 spiro atoms. The molecule has 0 aliphatic rings. The topological polar surface area (TPSA) is 92.3 Å². The summed E-state index contributed by atoms with van der Waals surface area (Å²) in [6, 6.07) is 7.31. The molecule has 2 aromatic rings. The average molecular weight is 246 g/mol. The highest BCUT2D eigenvalue weighted by Crippen LogP contribution is 2.22. The van der Waals surface area contributed by atoms with Gasteiger partial charge in [-0.2, -0.15) is 0 Å². The number of nitrogens with one attached hydrogen (secondary N) is 1. The van der Waals surface area contributed by atoms with E-state index in [-0.39, 0.29) is 22.8 Å². The minimum absolute atomic E-state index is 0.0113. The number of benzene rings is 1. The Hall–Kier alpha value is -2.63. The summed E-state index contributed by atoms with van der Waals surface area (Å²) in [7, 11) is 0. The summed E-state index contributed by atoms with van der Waals surface area (Å²) in [6.07, 6.45) is 0. The lowest BCUT2D eigenvalue weighted by atomic mass is 10.2. The van der Waals surface area contributed by atoms with Crippen molar-refractivity contribution in [1.29, 1.82) is 0 Å². The summed E-state index contributed by atoms with van der Waals surface area (Å²) in [5, 5.41) is 8.98. The lowest BCUT2D eigenvalue weighted by molar-refractivity contribution is 0.0694. The van der Waals surface area contributed by atoms with Gasteiger partial charge < -0.3 is 14.8 Å². The zero-order valence-corrected chi connectivity index (χ0v) is 9.51. The van der Waals surface area contributed by atoms with E-state index in [0.717, 1.165) is 6.07 Å². The van der Waals surface area contributed by atoms with Crippen LogP contribution in [-0.4, -0.2) is 21.0 Å². The van der Waals surface area contributed by atoms with E-state index in [1.165, 1.54) is 12.1 Å². The third-order valence-electron chi connectivity index (χ3n) is 2.17. The summed E-state index contributed by atoms with van der Waals surface area (Å²) >= 11 is 0. The van der Waals surface area contributed by atoms with Crippen LogP contribution in [0.3, 0.4) is 0 Å². The van der Waals surface area contributed by atoms with Crippen molar-refractivity contribution in [3.63, 3.8) is 0 Å². The lowest BCUT2D eigenvalue weighted by Gasteiger charge is -2.07. The van der Waals surface area contributed by atoms with E-state index in [9.17, 15) is 9.59 Å². The standard InChI is InChI=1S/C12H10N2O4/c1-7-13-10(15)6-11(14-7)18-9-5-3-2-4-8(9)12(16)17/h2-6H,1H3,(H,16,17)(H,13,14,15). The molecule has 1 aromatic carbocycles. The Bertz CT molecular complexity index is 649. The maximum Gasteiger partial charge on any atom is 0.339 e. The number of hydrogen-bond acceptors (Lipinski definition) is 4. The van der Waals surface area contributed by atoms with Crippen molar-refractivity contribution in [1.82, 2.24) is 9.97 Å². The molecular weight excluding hydrogens is 236 g/mol. The number of carboxylic acids is 1. The van der Waals surface area contributed by atoms with Gasteiger partial charge in [0.2, 0.25) is 5.88 Å². The van der Waals surface area contributed by atoms with Gasteiger partial charge in [0.25, 0.3) is 5.56 Å². The zero-order chi connectivity index (χ0) is 13.1. The van der Waals surface area contributed by atoms with Crippen molar-refractivity contribution in [3.8, 4) is 11.6 Å². The first-order valence-electron chi connectivity index (χ1n) is 5.14. The Balaban J connectivity index is 2.40. The molecule has 0 atom stereocenters. The largest absolute Gasteiger partial charge is 0.478 e. The molecular formula is C12H10N2O4. The number of carboxylic acid groups (broad SMARTS) is 1. The van der Waals surface area contributed by atoms with E-state index in [0.29, 0.717) is 5.82 Å². The number of carbonyl (C=O) groups is 1. The summed E-state index contributed by atoms with van der Waals surface area (Å²) in [5.74, 6) is -0.509. The molecule has 2 rings (SSSR count). The molecule has 0 aliphatic carbocycles. The van der Waals surface area contributed by atoms with Crippen molar-refractivity contribution in [2.75, 3.05) is 0 Å². The Kier molecular flexibility index (Phi) is 3.09. The van der Waals surface area contributed by atoms with Crippen molar-refractivity contribution < 1.29 is 14.6 Å². The predicted octanol–water partition coefficient (Wildman–Crippen LogP) is 1.57. The molecule has 6 nitrogen and oxygen atoms in total. The Morgan fingerprint density at radius 3 is 2.78 bits per heavy atom. The van der Waals surface area contributed by atoms with Crippen molar-refractivity contribution in [2.24, 2.45) is 0 Å². The number of aryl methyl sites for hydroxylation is 1. The molecule has 0 radical (unpaired) electrons. The zero-order valence-electron chi connectivity index (χ0n) is 9.51. The van der Waals surface area contributed by atoms with E-state index in [2.05, 4.69) is 9.97 Å². The molecule has 1 heterocycles. The van der Waals surface area contributed by atoms with Gasteiger partial charge in [0, 0.05) is 0 Å². The van der Waals surface area contributed by atoms with Crippen molar-refractivity contribution in [2.45, 2.75) is 6.92 Å². The van der Waals surface area contributed by atoms with E-state index >= 15 is 0 Å². The number of rotatable bonds is 3. The number of para-hydroxylation sites is 1. The van der Waals surface area contributed by atoms with Gasteiger partial charge in [-0.25, -0.2) is 9.78 Å². The van der Waals surface area contributed by atoms with E-state index in [1.54, 1.807) is 19.1 Å². The monoisotopic (exact) mass is 246 g/mol. The van der Waals surface area contributed by atoms with Crippen LogP contribution < -0.4 is 10.3 Å². The Labute approximate surface area is 102 Å². The van der Waals surface area contributed by atoms with E-state index in [1.807, 2.05) is 0 Å². The van der Waals surface area contributed by atoms with Crippen molar-refractivity contribution in [3.05, 3.63) is 52.1 Å². The number of H-pyrrole nitrogens is 1. The van der Waals surface area contributed by atoms with Crippen LogP contribution in [0.25, 0.3) is 0 Å². The highest BCUT2D eigenvalue weighted by atomic mass is 16.5. The highest BCUT2D eigenvalue weighted by molar-refractivity contribution is 5.90. The third kappa shape index (κ3) is 2.54. The van der Waals surface area contributed by atoms with Crippen LogP contribution in [0.1, 0.15) is 16.2 Å². The number of ether oxygens (including phenoxy) is 1. The van der Waals surface area contributed by atoms with Gasteiger partial charge >= 0.3 is 5.97 Å². The first-order valence-corrected chi connectivity index (χ1v) is 5.14. The molecule has 0 bridgehead atoms. The van der Waals surface area contributed by atoms with Crippen LogP contribution in [0.5, 0.6) is 11.6 Å². The van der Waals surface area contributed by atoms with Gasteiger partial charge in [-0.3, -0.25) is 4.79 Å². The molecule has 0 fully saturated rings. The molecule has 0 saturated heterocycles. The minimum atomic E-state index is -1.10. The molecule has 92 valence electrons. The van der Waals surface area contributed by atoms with Crippen LogP contribution >= 0.6 is 0 Å². The van der Waals surface area contributed by atoms with Gasteiger partial charge in [0.15, 0.2) is 0 Å². The van der Waals surface area contributed by atoms with Gasteiger partial charge in [-0.1, -0.05) is 12.1 Å². The summed E-state index contributed by atoms with van der Waals surface area (Å²) < 4.78 is 5.32.